The zero-order valence-electron chi connectivity index (χ0n) is 17.6. The largest absolute Gasteiger partial charge is 0.122 e. The van der Waals surface area contributed by atoms with Crippen LogP contribution >= 0.6 is 19.5 Å². The molecule has 0 aliphatic heterocycles. The van der Waals surface area contributed by atoms with Crippen molar-refractivity contribution in [2.24, 2.45) is 0 Å². The molecule has 152 valence electrons. The number of rotatable bonds is 5. The van der Waals surface area contributed by atoms with Gasteiger partial charge in [-0.2, -0.15) is 0 Å². The molecule has 0 heterocycles. The van der Waals surface area contributed by atoms with Gasteiger partial charge in [-0.15, -0.1) is 11.6 Å². The standard InChI is InChI=1S/C18H15P.C10H13Cl/c1-4-10-16(11-5-1)19(17-12-6-2-7-13-17)18-14-8-3-9-15-18;1-8(2)10-5-3-9(7-11)4-6-10/h1-15H;3-6,8H,7H2,1-2H3. The normalized spacial score (nSPS) is 10.6. The number of benzene rings is 4. The summed E-state index contributed by atoms with van der Waals surface area (Å²) in [4.78, 5) is 0. The molecule has 0 bridgehead atoms. The molecule has 0 aliphatic carbocycles. The van der Waals surface area contributed by atoms with E-state index < -0.39 is 7.92 Å². The fourth-order valence-corrected chi connectivity index (χ4v) is 5.65. The van der Waals surface area contributed by atoms with E-state index in [1.807, 2.05) is 0 Å². The van der Waals surface area contributed by atoms with Crippen LogP contribution in [0.15, 0.2) is 115 Å². The first kappa shape index (κ1) is 22.3. The molecule has 2 heteroatoms. The van der Waals surface area contributed by atoms with Crippen molar-refractivity contribution in [2.75, 3.05) is 0 Å². The van der Waals surface area contributed by atoms with Crippen LogP contribution in [-0.4, -0.2) is 0 Å². The molecule has 0 aliphatic rings. The van der Waals surface area contributed by atoms with Crippen molar-refractivity contribution in [3.8, 4) is 0 Å². The van der Waals surface area contributed by atoms with Crippen molar-refractivity contribution in [3.05, 3.63) is 126 Å². The lowest BCUT2D eigenvalue weighted by Gasteiger charge is -2.18. The molecule has 4 aromatic rings. The highest BCUT2D eigenvalue weighted by atomic mass is 35.5. The van der Waals surface area contributed by atoms with E-state index in [0.717, 1.165) is 0 Å². The summed E-state index contributed by atoms with van der Waals surface area (Å²) in [6.07, 6.45) is 0. The average Bonchev–Trinajstić information content (AvgIpc) is 2.82. The van der Waals surface area contributed by atoms with E-state index in [1.165, 1.54) is 27.0 Å². The lowest BCUT2D eigenvalue weighted by atomic mass is 10.0. The van der Waals surface area contributed by atoms with Gasteiger partial charge in [0.15, 0.2) is 0 Å². The molecule has 4 aromatic carbocycles. The molecule has 0 N–H and O–H groups in total. The average molecular weight is 431 g/mol. The van der Waals surface area contributed by atoms with Crippen molar-refractivity contribution >= 4 is 35.4 Å². The minimum absolute atomic E-state index is 0.446. The van der Waals surface area contributed by atoms with E-state index in [0.29, 0.717) is 11.8 Å². The fraction of sp³-hybridized carbons (Fsp3) is 0.143. The minimum Gasteiger partial charge on any atom is -0.122 e. The van der Waals surface area contributed by atoms with Gasteiger partial charge in [0.25, 0.3) is 0 Å². The van der Waals surface area contributed by atoms with Gasteiger partial charge in [0.1, 0.15) is 0 Å². The molecule has 0 aromatic heterocycles. The molecular formula is C28H28ClP. The number of halogens is 1. The molecule has 0 atom stereocenters. The maximum atomic E-state index is 5.66. The van der Waals surface area contributed by atoms with Crippen LogP contribution in [0.1, 0.15) is 30.9 Å². The highest BCUT2D eigenvalue weighted by molar-refractivity contribution is 7.79. The molecule has 0 radical (unpaired) electrons. The van der Waals surface area contributed by atoms with E-state index in [-0.39, 0.29) is 0 Å². The van der Waals surface area contributed by atoms with E-state index in [2.05, 4.69) is 129 Å². The van der Waals surface area contributed by atoms with Crippen molar-refractivity contribution < 1.29 is 0 Å². The summed E-state index contributed by atoms with van der Waals surface area (Å²) in [5.41, 5.74) is 2.56. The molecule has 0 unspecified atom stereocenters. The van der Waals surface area contributed by atoms with E-state index in [4.69, 9.17) is 11.6 Å². The van der Waals surface area contributed by atoms with E-state index >= 15 is 0 Å². The highest BCUT2D eigenvalue weighted by Gasteiger charge is 2.14. The Kier molecular flexibility index (Phi) is 8.69. The Morgan fingerprint density at radius 3 is 1.23 bits per heavy atom. The molecule has 30 heavy (non-hydrogen) atoms. The predicted octanol–water partition coefficient (Wildman–Crippen LogP) is 6.99. The van der Waals surface area contributed by atoms with Crippen LogP contribution in [0.5, 0.6) is 0 Å². The molecule has 0 amide bonds. The number of hydrogen-bond donors (Lipinski definition) is 0. The third-order valence-electron chi connectivity index (χ3n) is 4.84. The summed E-state index contributed by atoms with van der Waals surface area (Å²) >= 11 is 5.66. The number of alkyl halides is 1. The van der Waals surface area contributed by atoms with Crippen LogP contribution < -0.4 is 15.9 Å². The summed E-state index contributed by atoms with van der Waals surface area (Å²) in [6, 6.07) is 40.8. The Labute approximate surface area is 187 Å². The Morgan fingerprint density at radius 1 is 0.567 bits per heavy atom. The van der Waals surface area contributed by atoms with Gasteiger partial charge in [-0.1, -0.05) is 129 Å². The number of hydrogen-bond acceptors (Lipinski definition) is 0. The Morgan fingerprint density at radius 2 is 0.933 bits per heavy atom. The third-order valence-corrected chi connectivity index (χ3v) is 7.60. The van der Waals surface area contributed by atoms with Gasteiger partial charge in [-0.25, -0.2) is 0 Å². The zero-order chi connectivity index (χ0) is 21.2. The smallest absolute Gasteiger partial charge is 0.0474 e. The summed E-state index contributed by atoms with van der Waals surface area (Å²) in [5, 5.41) is 4.19. The maximum Gasteiger partial charge on any atom is 0.0474 e. The molecule has 0 spiro atoms. The van der Waals surface area contributed by atoms with E-state index in [1.54, 1.807) is 0 Å². The molecular weight excluding hydrogens is 403 g/mol. The Hall–Kier alpha value is -2.40. The first-order valence-corrected chi connectivity index (χ1v) is 12.2. The Balaban J connectivity index is 0.000000199. The van der Waals surface area contributed by atoms with Crippen molar-refractivity contribution in [2.45, 2.75) is 25.6 Å². The topological polar surface area (TPSA) is 0 Å². The molecule has 0 saturated carbocycles. The van der Waals surface area contributed by atoms with Gasteiger partial charge in [-0.3, -0.25) is 0 Å². The van der Waals surface area contributed by atoms with Crippen LogP contribution in [0.2, 0.25) is 0 Å². The van der Waals surface area contributed by atoms with E-state index in [9.17, 15) is 0 Å². The van der Waals surface area contributed by atoms with Crippen LogP contribution in [0.25, 0.3) is 0 Å². The first-order valence-electron chi connectivity index (χ1n) is 10.3. The van der Waals surface area contributed by atoms with Gasteiger partial charge < -0.3 is 0 Å². The highest BCUT2D eigenvalue weighted by Crippen LogP contribution is 2.32. The zero-order valence-corrected chi connectivity index (χ0v) is 19.2. The van der Waals surface area contributed by atoms with Crippen LogP contribution in [-0.2, 0) is 5.88 Å². The first-order chi connectivity index (χ1) is 14.7. The molecule has 4 rings (SSSR count). The third kappa shape index (κ3) is 6.30. The summed E-state index contributed by atoms with van der Waals surface area (Å²) in [5.74, 6) is 1.22. The maximum absolute atomic E-state index is 5.66. The van der Waals surface area contributed by atoms with Crippen LogP contribution in [0.4, 0.5) is 0 Å². The second-order valence-electron chi connectivity index (χ2n) is 7.37. The van der Waals surface area contributed by atoms with Crippen molar-refractivity contribution in [3.63, 3.8) is 0 Å². The lowest BCUT2D eigenvalue weighted by molar-refractivity contribution is 0.866. The lowest BCUT2D eigenvalue weighted by Crippen LogP contribution is -2.20. The van der Waals surface area contributed by atoms with Gasteiger partial charge in [0.2, 0.25) is 0 Å². The molecule has 0 saturated heterocycles. The quantitative estimate of drug-likeness (QED) is 0.236. The van der Waals surface area contributed by atoms with Crippen molar-refractivity contribution in [1.82, 2.24) is 0 Å². The summed E-state index contributed by atoms with van der Waals surface area (Å²) in [7, 11) is -0.446. The predicted molar refractivity (Wildman–Crippen MR) is 135 cm³/mol. The minimum atomic E-state index is -0.446. The van der Waals surface area contributed by atoms with Crippen molar-refractivity contribution in [1.29, 1.82) is 0 Å². The fourth-order valence-electron chi connectivity index (χ4n) is 3.17. The van der Waals surface area contributed by atoms with Gasteiger partial charge in [0, 0.05) is 5.88 Å². The second kappa shape index (κ2) is 11.7. The monoisotopic (exact) mass is 430 g/mol. The summed E-state index contributed by atoms with van der Waals surface area (Å²) in [6.45, 7) is 4.38. The van der Waals surface area contributed by atoms with Crippen LogP contribution in [0.3, 0.4) is 0 Å². The molecule has 0 fully saturated rings. The van der Waals surface area contributed by atoms with Crippen LogP contribution in [0, 0.1) is 0 Å². The Bertz CT molecular complexity index is 887. The second-order valence-corrected chi connectivity index (χ2v) is 9.86. The SMILES string of the molecule is CC(C)c1ccc(CCl)cc1.c1ccc(P(c2ccccc2)c2ccccc2)cc1. The van der Waals surface area contributed by atoms with Gasteiger partial charge in [0.05, 0.1) is 0 Å². The van der Waals surface area contributed by atoms with Gasteiger partial charge >= 0.3 is 0 Å². The van der Waals surface area contributed by atoms with Gasteiger partial charge in [-0.05, 0) is 40.9 Å². The molecule has 0 nitrogen and oxygen atoms in total. The summed E-state index contributed by atoms with van der Waals surface area (Å²) < 4.78 is 0.